The minimum absolute atomic E-state index is 0.0483. The van der Waals surface area contributed by atoms with E-state index in [2.05, 4.69) is 10.1 Å². The third-order valence-electron chi connectivity index (χ3n) is 3.82. The lowest BCUT2D eigenvalue weighted by Crippen LogP contribution is -2.16. The summed E-state index contributed by atoms with van der Waals surface area (Å²) in [5.41, 5.74) is -0.815. The van der Waals surface area contributed by atoms with E-state index in [1.165, 1.54) is 10.9 Å². The molecule has 6 nitrogen and oxygen atoms in total. The van der Waals surface area contributed by atoms with Gasteiger partial charge >= 0.3 is 6.18 Å². The number of ketones is 1. The quantitative estimate of drug-likeness (QED) is 0.671. The number of rotatable bonds is 4. The Bertz CT molecular complexity index is 965. The number of carbonyl (C=O) groups excluding carboxylic acids is 1. The van der Waals surface area contributed by atoms with Crippen LogP contribution in [0.15, 0.2) is 49.1 Å². The second-order valence-electron chi connectivity index (χ2n) is 5.49. The Morgan fingerprint density at radius 2 is 1.92 bits per heavy atom. The van der Waals surface area contributed by atoms with Gasteiger partial charge in [0, 0.05) is 25.6 Å². The summed E-state index contributed by atoms with van der Waals surface area (Å²) < 4.78 is 41.1. The van der Waals surface area contributed by atoms with Gasteiger partial charge in [-0.2, -0.15) is 23.5 Å². The van der Waals surface area contributed by atoms with Crippen molar-refractivity contribution in [2.75, 3.05) is 0 Å². The molecule has 26 heavy (non-hydrogen) atoms. The highest BCUT2D eigenvalue weighted by Gasteiger charge is 2.32. The van der Waals surface area contributed by atoms with Gasteiger partial charge in [0.2, 0.25) is 0 Å². The zero-order valence-electron chi connectivity index (χ0n) is 13.5. The molecule has 132 valence electrons. The van der Waals surface area contributed by atoms with E-state index in [0.29, 0.717) is 12.0 Å². The summed E-state index contributed by atoms with van der Waals surface area (Å²) >= 11 is 0. The molecular weight excluding hydrogens is 347 g/mol. The van der Waals surface area contributed by atoms with Gasteiger partial charge in [0.25, 0.3) is 0 Å². The van der Waals surface area contributed by atoms with E-state index in [9.17, 15) is 23.2 Å². The number of carbonyl (C=O) groups is 1. The van der Waals surface area contributed by atoms with Crippen LogP contribution in [-0.2, 0) is 13.2 Å². The van der Waals surface area contributed by atoms with Crippen molar-refractivity contribution in [3.63, 3.8) is 0 Å². The average Bonchev–Trinajstić information content (AvgIpc) is 3.24. The summed E-state index contributed by atoms with van der Waals surface area (Å²) in [5.74, 6) is -1.47. The first-order valence-electron chi connectivity index (χ1n) is 7.45. The van der Waals surface area contributed by atoms with Crippen molar-refractivity contribution in [3.8, 4) is 11.9 Å². The Balaban J connectivity index is 1.98. The van der Waals surface area contributed by atoms with Crippen molar-refractivity contribution in [1.82, 2.24) is 19.3 Å². The van der Waals surface area contributed by atoms with Crippen molar-refractivity contribution in [3.05, 3.63) is 65.9 Å². The predicted octanol–water partition coefficient (Wildman–Crippen LogP) is 3.11. The summed E-state index contributed by atoms with van der Waals surface area (Å²) in [7, 11) is 1.64. The number of hydrogen-bond acceptors (Lipinski definition) is 4. The Labute approximate surface area is 146 Å². The highest BCUT2D eigenvalue weighted by atomic mass is 19.4. The van der Waals surface area contributed by atoms with Gasteiger partial charge in [0.1, 0.15) is 5.82 Å². The largest absolute Gasteiger partial charge is 0.417 e. The van der Waals surface area contributed by atoms with E-state index in [-0.39, 0.29) is 11.3 Å². The molecule has 0 aromatic carbocycles. The molecule has 0 spiro atoms. The Morgan fingerprint density at radius 1 is 1.23 bits per heavy atom. The van der Waals surface area contributed by atoms with Crippen molar-refractivity contribution < 1.29 is 18.0 Å². The zero-order valence-corrected chi connectivity index (χ0v) is 13.5. The van der Waals surface area contributed by atoms with Crippen LogP contribution in [0.2, 0.25) is 0 Å². The monoisotopic (exact) mass is 359 g/mol. The van der Waals surface area contributed by atoms with Crippen LogP contribution in [0.25, 0.3) is 5.82 Å². The van der Waals surface area contributed by atoms with Crippen molar-refractivity contribution in [1.29, 1.82) is 5.26 Å². The summed E-state index contributed by atoms with van der Waals surface area (Å²) in [5, 5.41) is 13.4. The molecule has 3 aromatic heterocycles. The normalized spacial score (nSPS) is 12.6. The molecule has 3 rings (SSSR count). The first-order valence-corrected chi connectivity index (χ1v) is 7.45. The number of aromatic nitrogens is 4. The molecule has 1 unspecified atom stereocenters. The maximum Gasteiger partial charge on any atom is 0.417 e. The number of alkyl halides is 3. The smallest absolute Gasteiger partial charge is 0.308 e. The van der Waals surface area contributed by atoms with E-state index in [4.69, 9.17) is 0 Å². The number of aryl methyl sites for hydroxylation is 1. The van der Waals surface area contributed by atoms with Gasteiger partial charge in [0.05, 0.1) is 29.1 Å². The van der Waals surface area contributed by atoms with Crippen LogP contribution < -0.4 is 0 Å². The topological polar surface area (TPSA) is 76.5 Å². The van der Waals surface area contributed by atoms with Gasteiger partial charge in [-0.15, -0.1) is 0 Å². The van der Waals surface area contributed by atoms with E-state index >= 15 is 0 Å². The summed E-state index contributed by atoms with van der Waals surface area (Å²) in [6.07, 6.45) is 0.828. The SMILES string of the molecule is Cn1ncc(C(=O)C(C#N)c2ccc(C(F)(F)F)cn2)c1-n1cccc1. The number of pyridine rings is 1. The molecule has 0 aliphatic rings. The number of hydrogen-bond donors (Lipinski definition) is 0. The van der Waals surface area contributed by atoms with Crippen LogP contribution in [0.4, 0.5) is 13.2 Å². The van der Waals surface area contributed by atoms with Crippen LogP contribution in [0, 0.1) is 11.3 Å². The fraction of sp³-hybridized carbons (Fsp3) is 0.176. The molecule has 0 radical (unpaired) electrons. The first-order chi connectivity index (χ1) is 12.3. The van der Waals surface area contributed by atoms with Gasteiger partial charge in [-0.25, -0.2) is 0 Å². The highest BCUT2D eigenvalue weighted by molar-refractivity contribution is 6.04. The lowest BCUT2D eigenvalue weighted by Gasteiger charge is -2.11. The third-order valence-corrected chi connectivity index (χ3v) is 3.82. The molecule has 0 saturated heterocycles. The fourth-order valence-electron chi connectivity index (χ4n) is 2.55. The van der Waals surface area contributed by atoms with Crippen LogP contribution in [0.5, 0.6) is 0 Å². The molecule has 0 amide bonds. The molecule has 0 saturated carbocycles. The third kappa shape index (κ3) is 3.09. The maximum atomic E-state index is 12.8. The van der Waals surface area contributed by atoms with Gasteiger partial charge < -0.3 is 4.57 Å². The summed E-state index contributed by atoms with van der Waals surface area (Å²) in [4.78, 5) is 16.5. The maximum absolute atomic E-state index is 12.8. The first kappa shape index (κ1) is 17.4. The molecule has 0 aliphatic heterocycles. The lowest BCUT2D eigenvalue weighted by atomic mass is 9.96. The zero-order chi connectivity index (χ0) is 18.9. The summed E-state index contributed by atoms with van der Waals surface area (Å²) in [6.45, 7) is 0. The summed E-state index contributed by atoms with van der Waals surface area (Å²) in [6, 6.07) is 7.19. The Morgan fingerprint density at radius 3 is 2.46 bits per heavy atom. The van der Waals surface area contributed by atoms with E-state index < -0.39 is 23.4 Å². The minimum Gasteiger partial charge on any atom is -0.308 e. The van der Waals surface area contributed by atoms with Gasteiger partial charge in [-0.1, -0.05) is 0 Å². The molecular formula is C17H12F3N5O. The Hall–Kier alpha value is -3.41. The second-order valence-corrected chi connectivity index (χ2v) is 5.49. The van der Waals surface area contributed by atoms with Crippen molar-refractivity contribution >= 4 is 5.78 Å². The number of halogens is 3. The molecule has 0 fully saturated rings. The fourth-order valence-corrected chi connectivity index (χ4v) is 2.55. The lowest BCUT2D eigenvalue weighted by molar-refractivity contribution is -0.137. The van der Waals surface area contributed by atoms with E-state index in [0.717, 1.165) is 12.1 Å². The molecule has 0 N–H and O–H groups in total. The second kappa shape index (κ2) is 6.48. The standard InChI is InChI=1S/C17H12F3N5O/c1-24-16(25-6-2-3-7-25)13(10-23-24)15(26)12(8-21)14-5-4-11(9-22-14)17(18,19)20/h2-7,9-10,12H,1H3. The van der Waals surface area contributed by atoms with Gasteiger partial charge in [-0.05, 0) is 24.3 Å². The molecule has 3 heterocycles. The van der Waals surface area contributed by atoms with Crippen molar-refractivity contribution in [2.24, 2.45) is 7.05 Å². The molecule has 0 aliphatic carbocycles. The van der Waals surface area contributed by atoms with Crippen LogP contribution in [0.1, 0.15) is 27.5 Å². The number of nitrogens with zero attached hydrogens (tertiary/aromatic N) is 5. The minimum atomic E-state index is -4.54. The molecule has 9 heteroatoms. The number of Topliss-reactive ketones (excluding diaryl/α,β-unsaturated/α-hetero) is 1. The van der Waals surface area contributed by atoms with E-state index in [1.807, 2.05) is 6.07 Å². The molecule has 0 bridgehead atoms. The Kier molecular flexibility index (Phi) is 4.34. The van der Waals surface area contributed by atoms with Gasteiger partial charge in [0.15, 0.2) is 11.7 Å². The van der Waals surface area contributed by atoms with Gasteiger partial charge in [-0.3, -0.25) is 14.5 Å². The number of nitriles is 1. The highest BCUT2D eigenvalue weighted by Crippen LogP contribution is 2.30. The average molecular weight is 359 g/mol. The van der Waals surface area contributed by atoms with Crippen LogP contribution >= 0.6 is 0 Å². The van der Waals surface area contributed by atoms with Crippen molar-refractivity contribution in [2.45, 2.75) is 12.1 Å². The molecule has 3 aromatic rings. The van der Waals surface area contributed by atoms with Crippen LogP contribution in [0.3, 0.4) is 0 Å². The van der Waals surface area contributed by atoms with Crippen LogP contribution in [-0.4, -0.2) is 25.1 Å². The van der Waals surface area contributed by atoms with E-state index in [1.54, 1.807) is 36.1 Å². The predicted molar refractivity (Wildman–Crippen MR) is 84.5 cm³/mol. The molecule has 1 atom stereocenters.